The largest absolute Gasteiger partial charge is 0.379 e. The van der Waals surface area contributed by atoms with Crippen LogP contribution in [0.2, 0.25) is 0 Å². The molecule has 0 saturated carbocycles. The molecule has 1 N–H and O–H groups in total. The number of ether oxygens (including phenoxy) is 1. The first-order chi connectivity index (χ1) is 13.0. The normalized spacial score (nSPS) is 15.9. The molecule has 2 heterocycles. The van der Waals surface area contributed by atoms with Crippen LogP contribution >= 0.6 is 0 Å². The van der Waals surface area contributed by atoms with E-state index in [2.05, 4.69) is 14.9 Å². The van der Waals surface area contributed by atoms with Crippen molar-refractivity contribution in [3.8, 4) is 0 Å². The number of rotatable bonds is 8. The van der Waals surface area contributed by atoms with E-state index in [-0.39, 0.29) is 18.1 Å². The van der Waals surface area contributed by atoms with E-state index < -0.39 is 10.0 Å². The number of fused-ring (bicyclic) bond motifs is 1. The van der Waals surface area contributed by atoms with Gasteiger partial charge in [-0.2, -0.15) is 4.31 Å². The van der Waals surface area contributed by atoms with Crippen LogP contribution in [0, 0.1) is 6.92 Å². The van der Waals surface area contributed by atoms with E-state index in [4.69, 9.17) is 4.74 Å². The van der Waals surface area contributed by atoms with Crippen molar-refractivity contribution in [3.63, 3.8) is 0 Å². The maximum absolute atomic E-state index is 12.2. The Labute approximate surface area is 159 Å². The Morgan fingerprint density at radius 2 is 2.00 bits per heavy atom. The quantitative estimate of drug-likeness (QED) is 0.672. The maximum Gasteiger partial charge on any atom is 0.221 e. The third-order valence-corrected chi connectivity index (χ3v) is 6.55. The number of carbonyl (C=O) groups is 1. The summed E-state index contributed by atoms with van der Waals surface area (Å²) in [5.74, 6) is 0.544. The summed E-state index contributed by atoms with van der Waals surface area (Å²) >= 11 is 0. The SMILES string of the molecule is Cc1nc2ccccc2n1CCCNC(=O)CCS(=O)(=O)N1CCOCC1. The predicted octanol–water partition coefficient (Wildman–Crippen LogP) is 0.903. The highest BCUT2D eigenvalue weighted by atomic mass is 32.2. The van der Waals surface area contributed by atoms with Gasteiger partial charge in [0, 0.05) is 32.6 Å². The van der Waals surface area contributed by atoms with E-state index in [1.54, 1.807) is 0 Å². The van der Waals surface area contributed by atoms with Crippen LogP contribution in [-0.2, 0) is 26.1 Å². The van der Waals surface area contributed by atoms with Crippen molar-refractivity contribution in [2.24, 2.45) is 0 Å². The van der Waals surface area contributed by atoms with Crippen LogP contribution < -0.4 is 5.32 Å². The van der Waals surface area contributed by atoms with Crippen molar-refractivity contribution in [2.45, 2.75) is 26.3 Å². The minimum Gasteiger partial charge on any atom is -0.379 e. The first-order valence-corrected chi connectivity index (χ1v) is 10.8. The number of hydrogen-bond acceptors (Lipinski definition) is 5. The molecule has 0 spiro atoms. The van der Waals surface area contributed by atoms with Crippen molar-refractivity contribution in [1.29, 1.82) is 0 Å². The number of sulfonamides is 1. The second-order valence-electron chi connectivity index (χ2n) is 6.58. The van der Waals surface area contributed by atoms with Crippen LogP contribution in [0.3, 0.4) is 0 Å². The summed E-state index contributed by atoms with van der Waals surface area (Å²) in [7, 11) is -3.39. The molecule has 27 heavy (non-hydrogen) atoms. The Morgan fingerprint density at radius 1 is 1.26 bits per heavy atom. The molecule has 1 saturated heterocycles. The molecule has 1 amide bonds. The van der Waals surface area contributed by atoms with Crippen LogP contribution in [0.5, 0.6) is 0 Å². The molecule has 148 valence electrons. The zero-order chi connectivity index (χ0) is 19.3. The number of nitrogens with zero attached hydrogens (tertiary/aromatic N) is 3. The maximum atomic E-state index is 12.2. The molecule has 1 aliphatic heterocycles. The van der Waals surface area contributed by atoms with E-state index in [9.17, 15) is 13.2 Å². The fourth-order valence-corrected chi connectivity index (χ4v) is 4.61. The van der Waals surface area contributed by atoms with E-state index >= 15 is 0 Å². The van der Waals surface area contributed by atoms with Crippen molar-refractivity contribution in [1.82, 2.24) is 19.2 Å². The van der Waals surface area contributed by atoms with E-state index in [1.807, 2.05) is 31.2 Å². The second kappa shape index (κ2) is 8.81. The van der Waals surface area contributed by atoms with Crippen molar-refractivity contribution >= 4 is 27.0 Å². The fraction of sp³-hybridized carbons (Fsp3) is 0.556. The first-order valence-electron chi connectivity index (χ1n) is 9.21. The summed E-state index contributed by atoms with van der Waals surface area (Å²) in [5.41, 5.74) is 2.05. The lowest BCUT2D eigenvalue weighted by Gasteiger charge is -2.25. The standard InChI is InChI=1S/C18H26N4O4S/c1-15-20-16-5-2-3-6-17(16)22(15)9-4-8-19-18(23)7-14-27(24,25)21-10-12-26-13-11-21/h2-3,5-6H,4,7-14H2,1H3,(H,19,23). The Hall–Kier alpha value is -1.97. The zero-order valence-electron chi connectivity index (χ0n) is 15.6. The van der Waals surface area contributed by atoms with Gasteiger partial charge in [-0.15, -0.1) is 0 Å². The molecule has 3 rings (SSSR count). The highest BCUT2D eigenvalue weighted by molar-refractivity contribution is 7.89. The summed E-state index contributed by atoms with van der Waals surface area (Å²) < 4.78 is 33.1. The molecule has 0 aliphatic carbocycles. The smallest absolute Gasteiger partial charge is 0.221 e. The summed E-state index contributed by atoms with van der Waals surface area (Å²) in [6.07, 6.45) is 0.732. The Balaban J connectivity index is 1.41. The van der Waals surface area contributed by atoms with Gasteiger partial charge in [-0.05, 0) is 25.5 Å². The lowest BCUT2D eigenvalue weighted by Crippen LogP contribution is -2.42. The number of imidazole rings is 1. The molecular formula is C18H26N4O4S. The van der Waals surface area contributed by atoms with Gasteiger partial charge in [-0.25, -0.2) is 13.4 Å². The number of morpholine rings is 1. The molecule has 2 aromatic rings. The highest BCUT2D eigenvalue weighted by Gasteiger charge is 2.24. The molecule has 0 radical (unpaired) electrons. The van der Waals surface area contributed by atoms with E-state index in [1.165, 1.54) is 4.31 Å². The number of carbonyl (C=O) groups excluding carboxylic acids is 1. The lowest BCUT2D eigenvalue weighted by atomic mass is 10.3. The molecule has 1 aromatic carbocycles. The minimum atomic E-state index is -3.39. The van der Waals surface area contributed by atoms with Crippen molar-refractivity contribution < 1.29 is 17.9 Å². The molecule has 1 fully saturated rings. The molecule has 0 bridgehead atoms. The van der Waals surface area contributed by atoms with Gasteiger partial charge in [0.2, 0.25) is 15.9 Å². The van der Waals surface area contributed by atoms with Crippen LogP contribution in [-0.4, -0.2) is 66.8 Å². The monoisotopic (exact) mass is 394 g/mol. The molecule has 9 heteroatoms. The van der Waals surface area contributed by atoms with Crippen LogP contribution in [0.4, 0.5) is 0 Å². The average Bonchev–Trinajstić information content (AvgIpc) is 2.99. The number of aromatic nitrogens is 2. The molecule has 8 nitrogen and oxygen atoms in total. The summed E-state index contributed by atoms with van der Waals surface area (Å²) in [6, 6.07) is 7.96. The van der Waals surface area contributed by atoms with Crippen molar-refractivity contribution in [3.05, 3.63) is 30.1 Å². The number of para-hydroxylation sites is 2. The Bertz CT molecular complexity index is 888. The van der Waals surface area contributed by atoms with Crippen molar-refractivity contribution in [2.75, 3.05) is 38.6 Å². The molecule has 0 unspecified atom stereocenters. The van der Waals surface area contributed by atoms with E-state index in [0.717, 1.165) is 29.8 Å². The number of hydrogen-bond donors (Lipinski definition) is 1. The zero-order valence-corrected chi connectivity index (χ0v) is 16.4. The minimum absolute atomic E-state index is 0.0211. The Kier molecular flexibility index (Phi) is 6.46. The van der Waals surface area contributed by atoms with Gasteiger partial charge < -0.3 is 14.6 Å². The predicted molar refractivity (Wildman–Crippen MR) is 103 cm³/mol. The Morgan fingerprint density at radius 3 is 2.78 bits per heavy atom. The second-order valence-corrected chi connectivity index (χ2v) is 8.67. The van der Waals surface area contributed by atoms with Gasteiger partial charge in [-0.1, -0.05) is 12.1 Å². The van der Waals surface area contributed by atoms with Gasteiger partial charge in [0.1, 0.15) is 5.82 Å². The fourth-order valence-electron chi connectivity index (χ4n) is 3.21. The highest BCUT2D eigenvalue weighted by Crippen LogP contribution is 2.15. The number of aryl methyl sites for hydroxylation is 2. The third kappa shape index (κ3) is 5.06. The molecule has 1 aromatic heterocycles. The van der Waals surface area contributed by atoms with Crippen LogP contribution in [0.15, 0.2) is 24.3 Å². The molecule has 0 atom stereocenters. The third-order valence-electron chi connectivity index (χ3n) is 4.68. The van der Waals surface area contributed by atoms with Crippen LogP contribution in [0.1, 0.15) is 18.7 Å². The number of nitrogens with one attached hydrogen (secondary N) is 1. The molecule has 1 aliphatic rings. The van der Waals surface area contributed by atoms with Crippen LogP contribution in [0.25, 0.3) is 11.0 Å². The summed E-state index contributed by atoms with van der Waals surface area (Å²) in [5, 5.41) is 2.81. The number of amides is 1. The summed E-state index contributed by atoms with van der Waals surface area (Å²) in [6.45, 7) is 4.77. The van der Waals surface area contributed by atoms with Gasteiger partial charge in [0.25, 0.3) is 0 Å². The van der Waals surface area contributed by atoms with Gasteiger partial charge in [0.05, 0.1) is 30.0 Å². The average molecular weight is 394 g/mol. The van der Waals surface area contributed by atoms with Gasteiger partial charge in [0.15, 0.2) is 0 Å². The number of benzene rings is 1. The van der Waals surface area contributed by atoms with Gasteiger partial charge >= 0.3 is 0 Å². The molecular weight excluding hydrogens is 368 g/mol. The topological polar surface area (TPSA) is 93.5 Å². The summed E-state index contributed by atoms with van der Waals surface area (Å²) in [4.78, 5) is 16.5. The lowest BCUT2D eigenvalue weighted by molar-refractivity contribution is -0.120. The first kappa shape index (κ1) is 19.8. The van der Waals surface area contributed by atoms with Gasteiger partial charge in [-0.3, -0.25) is 4.79 Å². The van der Waals surface area contributed by atoms with E-state index in [0.29, 0.717) is 32.8 Å².